The van der Waals surface area contributed by atoms with E-state index in [9.17, 15) is 10.1 Å². The zero-order chi connectivity index (χ0) is 14.5. The molecule has 1 heterocycles. The lowest BCUT2D eigenvalue weighted by Gasteiger charge is -2.37. The van der Waals surface area contributed by atoms with Crippen molar-refractivity contribution in [2.24, 2.45) is 5.73 Å². The number of nitrogens with two attached hydrogens (primary N) is 1. The molecule has 1 unspecified atom stereocenters. The molecule has 0 radical (unpaired) electrons. The Morgan fingerprint density at radius 1 is 1.50 bits per heavy atom. The summed E-state index contributed by atoms with van der Waals surface area (Å²) < 4.78 is 5.14. The molecule has 1 aliphatic heterocycles. The number of benzene rings is 1. The Labute approximate surface area is 118 Å². The van der Waals surface area contributed by atoms with Gasteiger partial charge in [0.1, 0.15) is 5.69 Å². The summed E-state index contributed by atoms with van der Waals surface area (Å²) in [7, 11) is 1.46. The average molecular weight is 279 g/mol. The molecule has 1 aliphatic rings. The minimum atomic E-state index is -0.359. The first kappa shape index (κ1) is 14.6. The summed E-state index contributed by atoms with van der Waals surface area (Å²) in [6.07, 6.45) is 4.09. The molecule has 1 aromatic carbocycles. The van der Waals surface area contributed by atoms with Crippen molar-refractivity contribution in [2.75, 3.05) is 25.1 Å². The summed E-state index contributed by atoms with van der Waals surface area (Å²) in [5, 5.41) is 11.4. The smallest absolute Gasteiger partial charge is 0.333 e. The molecule has 6 heteroatoms. The fourth-order valence-corrected chi connectivity index (χ4v) is 2.90. The maximum absolute atomic E-state index is 11.4. The van der Waals surface area contributed by atoms with Crippen LogP contribution < -0.4 is 15.4 Å². The van der Waals surface area contributed by atoms with Crippen LogP contribution >= 0.6 is 0 Å². The summed E-state index contributed by atoms with van der Waals surface area (Å²) in [6, 6.07) is 5.51. The van der Waals surface area contributed by atoms with E-state index in [1.807, 2.05) is 0 Å². The Hall–Kier alpha value is -1.82. The minimum absolute atomic E-state index is 0.0546. The standard InChI is InChI=1S/C14H21N3O3/c1-20-13-7-4-6-12(14(13)17(18)19)16-10-3-2-5-11(16)8-9-15/h4,6-7,11H,2-3,5,8-10,15H2,1H3. The Bertz CT molecular complexity index is 477. The van der Waals surface area contributed by atoms with Gasteiger partial charge in [0.15, 0.2) is 5.75 Å². The van der Waals surface area contributed by atoms with Crippen LogP contribution in [0.4, 0.5) is 11.4 Å². The van der Waals surface area contributed by atoms with E-state index >= 15 is 0 Å². The molecular weight excluding hydrogens is 258 g/mol. The summed E-state index contributed by atoms with van der Waals surface area (Å²) in [5.41, 5.74) is 6.37. The van der Waals surface area contributed by atoms with E-state index in [0.29, 0.717) is 18.0 Å². The number of rotatable bonds is 5. The van der Waals surface area contributed by atoms with Crippen LogP contribution in [0.2, 0.25) is 0 Å². The van der Waals surface area contributed by atoms with Crippen molar-refractivity contribution in [1.29, 1.82) is 0 Å². The number of para-hydroxylation sites is 1. The van der Waals surface area contributed by atoms with Gasteiger partial charge in [0.25, 0.3) is 0 Å². The minimum Gasteiger partial charge on any atom is -0.490 e. The molecule has 2 rings (SSSR count). The van der Waals surface area contributed by atoms with Gasteiger partial charge in [-0.05, 0) is 44.4 Å². The van der Waals surface area contributed by atoms with E-state index in [2.05, 4.69) is 4.90 Å². The van der Waals surface area contributed by atoms with Crippen molar-refractivity contribution in [1.82, 2.24) is 0 Å². The lowest BCUT2D eigenvalue weighted by atomic mass is 9.98. The topological polar surface area (TPSA) is 81.6 Å². The van der Waals surface area contributed by atoms with Gasteiger partial charge in [-0.15, -0.1) is 0 Å². The number of hydrogen-bond acceptors (Lipinski definition) is 5. The number of methoxy groups -OCH3 is 1. The predicted octanol–water partition coefficient (Wildman–Crippen LogP) is 2.31. The van der Waals surface area contributed by atoms with Crippen molar-refractivity contribution >= 4 is 11.4 Å². The molecule has 0 spiro atoms. The Morgan fingerprint density at radius 3 is 2.95 bits per heavy atom. The number of hydrogen-bond donors (Lipinski definition) is 1. The van der Waals surface area contributed by atoms with Crippen LogP contribution in [0.15, 0.2) is 18.2 Å². The van der Waals surface area contributed by atoms with Gasteiger partial charge >= 0.3 is 5.69 Å². The van der Waals surface area contributed by atoms with Crippen LogP contribution in [0, 0.1) is 10.1 Å². The van der Waals surface area contributed by atoms with Crippen molar-refractivity contribution < 1.29 is 9.66 Å². The molecule has 1 atom stereocenters. The molecule has 2 N–H and O–H groups in total. The van der Waals surface area contributed by atoms with Gasteiger partial charge in [-0.3, -0.25) is 10.1 Å². The van der Waals surface area contributed by atoms with Crippen LogP contribution in [0.3, 0.4) is 0 Å². The van der Waals surface area contributed by atoms with Crippen molar-refractivity contribution in [3.05, 3.63) is 28.3 Å². The van der Waals surface area contributed by atoms with Gasteiger partial charge in [0.05, 0.1) is 12.0 Å². The number of anilines is 1. The van der Waals surface area contributed by atoms with E-state index in [1.54, 1.807) is 18.2 Å². The largest absolute Gasteiger partial charge is 0.490 e. The fourth-order valence-electron chi connectivity index (χ4n) is 2.90. The molecule has 1 aromatic rings. The number of nitrogens with zero attached hydrogens (tertiary/aromatic N) is 2. The zero-order valence-electron chi connectivity index (χ0n) is 11.7. The highest BCUT2D eigenvalue weighted by Gasteiger charge is 2.30. The molecule has 20 heavy (non-hydrogen) atoms. The SMILES string of the molecule is COc1cccc(N2CCCCC2CCN)c1[N+](=O)[O-]. The second kappa shape index (κ2) is 6.56. The van der Waals surface area contributed by atoms with E-state index in [4.69, 9.17) is 10.5 Å². The van der Waals surface area contributed by atoms with Crippen LogP contribution in [0.5, 0.6) is 5.75 Å². The molecular formula is C14H21N3O3. The number of piperidine rings is 1. The first-order chi connectivity index (χ1) is 9.69. The molecule has 110 valence electrons. The second-order valence-electron chi connectivity index (χ2n) is 5.01. The van der Waals surface area contributed by atoms with Gasteiger partial charge in [-0.2, -0.15) is 0 Å². The normalized spacial score (nSPS) is 18.9. The number of ether oxygens (including phenoxy) is 1. The van der Waals surface area contributed by atoms with Crippen molar-refractivity contribution in [3.63, 3.8) is 0 Å². The van der Waals surface area contributed by atoms with Gasteiger partial charge in [-0.25, -0.2) is 0 Å². The highest BCUT2D eigenvalue weighted by molar-refractivity contribution is 5.70. The first-order valence-corrected chi connectivity index (χ1v) is 6.97. The summed E-state index contributed by atoms with van der Waals surface area (Å²) in [6.45, 7) is 1.43. The maximum Gasteiger partial charge on any atom is 0.333 e. The van der Waals surface area contributed by atoms with E-state index in [0.717, 1.165) is 32.2 Å². The molecule has 0 saturated carbocycles. The van der Waals surface area contributed by atoms with Crippen LogP contribution in [0.1, 0.15) is 25.7 Å². The van der Waals surface area contributed by atoms with E-state index < -0.39 is 0 Å². The van der Waals surface area contributed by atoms with Gasteiger partial charge in [0.2, 0.25) is 0 Å². The monoisotopic (exact) mass is 279 g/mol. The summed E-state index contributed by atoms with van der Waals surface area (Å²) in [4.78, 5) is 13.1. The molecule has 0 amide bonds. The highest BCUT2D eigenvalue weighted by atomic mass is 16.6. The van der Waals surface area contributed by atoms with E-state index in [-0.39, 0.29) is 16.7 Å². The van der Waals surface area contributed by atoms with Crippen molar-refractivity contribution in [3.8, 4) is 5.75 Å². The average Bonchev–Trinajstić information content (AvgIpc) is 2.47. The molecule has 6 nitrogen and oxygen atoms in total. The van der Waals surface area contributed by atoms with E-state index in [1.165, 1.54) is 7.11 Å². The maximum atomic E-state index is 11.4. The molecule has 0 bridgehead atoms. The summed E-state index contributed by atoms with van der Waals surface area (Å²) >= 11 is 0. The third-order valence-electron chi connectivity index (χ3n) is 3.82. The van der Waals surface area contributed by atoms with Crippen LogP contribution in [-0.2, 0) is 0 Å². The number of nitro benzene ring substituents is 1. The van der Waals surface area contributed by atoms with Gasteiger partial charge in [-0.1, -0.05) is 6.07 Å². The molecule has 0 aliphatic carbocycles. The Kier molecular flexibility index (Phi) is 4.79. The second-order valence-corrected chi connectivity index (χ2v) is 5.01. The molecule has 1 fully saturated rings. The molecule has 0 aromatic heterocycles. The summed E-state index contributed by atoms with van der Waals surface area (Å²) in [5.74, 6) is 0.310. The number of nitro groups is 1. The van der Waals surface area contributed by atoms with Gasteiger partial charge in [0, 0.05) is 12.6 Å². The van der Waals surface area contributed by atoms with Crippen LogP contribution in [-0.4, -0.2) is 31.2 Å². The lowest BCUT2D eigenvalue weighted by Crippen LogP contribution is -2.41. The Balaban J connectivity index is 2.41. The fraction of sp³-hybridized carbons (Fsp3) is 0.571. The highest BCUT2D eigenvalue weighted by Crippen LogP contribution is 2.39. The third-order valence-corrected chi connectivity index (χ3v) is 3.82. The van der Waals surface area contributed by atoms with Crippen molar-refractivity contribution in [2.45, 2.75) is 31.7 Å². The quantitative estimate of drug-likeness (QED) is 0.660. The van der Waals surface area contributed by atoms with Gasteiger partial charge < -0.3 is 15.4 Å². The lowest BCUT2D eigenvalue weighted by molar-refractivity contribution is -0.385. The zero-order valence-corrected chi connectivity index (χ0v) is 11.7. The molecule has 1 saturated heterocycles. The Morgan fingerprint density at radius 2 is 2.30 bits per heavy atom. The predicted molar refractivity (Wildman–Crippen MR) is 78.3 cm³/mol. The third kappa shape index (κ3) is 2.85. The first-order valence-electron chi connectivity index (χ1n) is 6.97. The van der Waals surface area contributed by atoms with Crippen LogP contribution in [0.25, 0.3) is 0 Å².